The summed E-state index contributed by atoms with van der Waals surface area (Å²) in [5, 5.41) is 6.67. The van der Waals surface area contributed by atoms with Gasteiger partial charge in [0.05, 0.1) is 12.8 Å². The number of nitrogens with zero attached hydrogens (tertiary/aromatic N) is 1. The molecule has 0 bridgehead atoms. The highest BCUT2D eigenvalue weighted by Crippen LogP contribution is 2.24. The van der Waals surface area contributed by atoms with E-state index < -0.39 is 17.8 Å². The number of esters is 1. The van der Waals surface area contributed by atoms with Crippen molar-refractivity contribution in [3.63, 3.8) is 0 Å². The van der Waals surface area contributed by atoms with Crippen LogP contribution in [0.4, 0.5) is 5.69 Å². The normalized spacial score (nSPS) is 9.39. The fourth-order valence-electron chi connectivity index (χ4n) is 1.78. The maximum absolute atomic E-state index is 12.2. The second-order valence-corrected chi connectivity index (χ2v) is 5.87. The molecule has 0 radical (unpaired) electrons. The number of rotatable bonds is 6. The van der Waals surface area contributed by atoms with Gasteiger partial charge in [-0.05, 0) is 24.3 Å². The smallest absolute Gasteiger partial charge is 0.353 e. The summed E-state index contributed by atoms with van der Waals surface area (Å²) in [6, 6.07) is 7.05. The van der Waals surface area contributed by atoms with Gasteiger partial charge < -0.3 is 21.1 Å². The van der Waals surface area contributed by atoms with Crippen LogP contribution in [0.15, 0.2) is 54.2 Å². The minimum absolute atomic E-state index is 0.127. The zero-order valence-electron chi connectivity index (χ0n) is 15.9. The van der Waals surface area contributed by atoms with Gasteiger partial charge in [-0.15, -0.1) is 11.3 Å². The van der Waals surface area contributed by atoms with Crippen molar-refractivity contribution in [2.45, 2.75) is 13.8 Å². The predicted molar refractivity (Wildman–Crippen MR) is 109 cm³/mol. The molecule has 2 aromatic rings. The van der Waals surface area contributed by atoms with Gasteiger partial charge in [0.1, 0.15) is 16.4 Å². The molecule has 0 aliphatic carbocycles. The van der Waals surface area contributed by atoms with Crippen molar-refractivity contribution in [3.8, 4) is 10.6 Å². The molecule has 0 aliphatic heterocycles. The van der Waals surface area contributed by atoms with Crippen molar-refractivity contribution < 1.29 is 19.1 Å². The van der Waals surface area contributed by atoms with Crippen LogP contribution in [0.3, 0.4) is 0 Å². The molecule has 2 rings (SSSR count). The minimum Gasteiger partial charge on any atom is -0.464 e. The van der Waals surface area contributed by atoms with Gasteiger partial charge in [-0.25, -0.2) is 9.78 Å². The number of methoxy groups -OCH3 is 1. The van der Waals surface area contributed by atoms with Crippen LogP contribution < -0.4 is 16.4 Å². The molecule has 1 aromatic carbocycles. The number of amides is 2. The summed E-state index contributed by atoms with van der Waals surface area (Å²) in [5.74, 6) is -2.19. The van der Waals surface area contributed by atoms with E-state index in [9.17, 15) is 14.4 Å². The van der Waals surface area contributed by atoms with Crippen LogP contribution in [-0.4, -0.2) is 29.9 Å². The number of nitrogens with one attached hydrogen (secondary N) is 2. The fraction of sp³-hybridized carbons (Fsp3) is 0.158. The number of thiazole rings is 1. The first-order valence-electron chi connectivity index (χ1n) is 8.22. The van der Waals surface area contributed by atoms with Gasteiger partial charge in [-0.3, -0.25) is 9.59 Å². The van der Waals surface area contributed by atoms with Gasteiger partial charge in [0, 0.05) is 16.6 Å². The predicted octanol–water partition coefficient (Wildman–Crippen LogP) is 2.46. The van der Waals surface area contributed by atoms with E-state index in [1.54, 1.807) is 29.6 Å². The summed E-state index contributed by atoms with van der Waals surface area (Å²) in [4.78, 5) is 39.5. The summed E-state index contributed by atoms with van der Waals surface area (Å²) < 4.78 is 4.41. The maximum atomic E-state index is 12.2. The van der Waals surface area contributed by atoms with Crippen LogP contribution in [-0.2, 0) is 14.3 Å². The number of ether oxygens (including phenoxy) is 1. The van der Waals surface area contributed by atoms with Crippen LogP contribution in [0, 0.1) is 0 Å². The van der Waals surface area contributed by atoms with E-state index in [0.29, 0.717) is 10.7 Å². The van der Waals surface area contributed by atoms with Crippen LogP contribution in [0.25, 0.3) is 10.6 Å². The third kappa shape index (κ3) is 6.06. The molecule has 28 heavy (non-hydrogen) atoms. The molecule has 9 heteroatoms. The average Bonchev–Trinajstić information content (AvgIpc) is 3.19. The van der Waals surface area contributed by atoms with E-state index in [2.05, 4.69) is 33.5 Å². The highest BCUT2D eigenvalue weighted by atomic mass is 32.1. The number of nitrogen functional groups attached to an aromatic ring is 1. The van der Waals surface area contributed by atoms with Gasteiger partial charge in [0.25, 0.3) is 11.8 Å². The quantitative estimate of drug-likeness (QED) is 0.387. The Labute approximate surface area is 167 Å². The SMILES string of the molecule is C=C(NC(=O)c1csc(-c2ccc(N)cc2)n1)C(=O)NC(=C)C(=O)OC.CC. The van der Waals surface area contributed by atoms with E-state index in [1.165, 1.54) is 11.3 Å². The molecule has 0 unspecified atom stereocenters. The first kappa shape index (κ1) is 22.6. The van der Waals surface area contributed by atoms with Crippen molar-refractivity contribution in [1.29, 1.82) is 0 Å². The molecule has 0 spiro atoms. The van der Waals surface area contributed by atoms with E-state index in [-0.39, 0.29) is 17.1 Å². The Balaban J connectivity index is 0.00000190. The monoisotopic (exact) mass is 402 g/mol. The third-order valence-electron chi connectivity index (χ3n) is 3.13. The molecule has 0 fully saturated rings. The highest BCUT2D eigenvalue weighted by molar-refractivity contribution is 7.13. The first-order chi connectivity index (χ1) is 13.3. The first-order valence-corrected chi connectivity index (χ1v) is 9.10. The molecule has 2 amide bonds. The number of nitrogens with two attached hydrogens (primary N) is 1. The molecular formula is C19H22N4O4S. The lowest BCUT2D eigenvalue weighted by Crippen LogP contribution is -2.35. The maximum Gasteiger partial charge on any atom is 0.353 e. The van der Waals surface area contributed by atoms with Crippen molar-refractivity contribution in [3.05, 3.63) is 59.9 Å². The highest BCUT2D eigenvalue weighted by Gasteiger charge is 2.18. The average molecular weight is 402 g/mol. The van der Waals surface area contributed by atoms with E-state index in [4.69, 9.17) is 5.73 Å². The lowest BCUT2D eigenvalue weighted by atomic mass is 10.2. The van der Waals surface area contributed by atoms with Gasteiger partial charge >= 0.3 is 5.97 Å². The Morgan fingerprint density at radius 3 is 2.25 bits per heavy atom. The van der Waals surface area contributed by atoms with Crippen LogP contribution in [0.5, 0.6) is 0 Å². The third-order valence-corrected chi connectivity index (χ3v) is 4.02. The lowest BCUT2D eigenvalue weighted by Gasteiger charge is -2.09. The van der Waals surface area contributed by atoms with E-state index in [0.717, 1.165) is 12.7 Å². The number of carbonyl (C=O) groups excluding carboxylic acids is 3. The van der Waals surface area contributed by atoms with Crippen LogP contribution in [0.1, 0.15) is 24.3 Å². The van der Waals surface area contributed by atoms with Gasteiger partial charge in [0.2, 0.25) is 0 Å². The van der Waals surface area contributed by atoms with Gasteiger partial charge in [-0.1, -0.05) is 27.0 Å². The zero-order valence-corrected chi connectivity index (χ0v) is 16.7. The molecule has 148 valence electrons. The minimum atomic E-state index is -0.801. The van der Waals surface area contributed by atoms with E-state index in [1.807, 2.05) is 13.8 Å². The summed E-state index contributed by atoms with van der Waals surface area (Å²) in [6.07, 6.45) is 0. The second-order valence-electron chi connectivity index (χ2n) is 5.02. The van der Waals surface area contributed by atoms with E-state index >= 15 is 0 Å². The molecule has 0 saturated carbocycles. The molecular weight excluding hydrogens is 380 g/mol. The standard InChI is InChI=1S/C17H16N4O4S.C2H6/c1-9(14(22)20-10(2)17(24)25-3)19-15(23)13-8-26-16(21-13)11-4-6-12(18)7-5-11;1-2/h4-8H,1-2,18H2,3H3,(H,19,23)(H,20,22);1-2H3. The van der Waals surface area contributed by atoms with Crippen molar-refractivity contribution >= 4 is 34.8 Å². The molecule has 4 N–H and O–H groups in total. The van der Waals surface area contributed by atoms with Crippen molar-refractivity contribution in [2.75, 3.05) is 12.8 Å². The van der Waals surface area contributed by atoms with Crippen LogP contribution >= 0.6 is 11.3 Å². The molecule has 0 atom stereocenters. The van der Waals surface area contributed by atoms with Gasteiger partial charge in [-0.2, -0.15) is 0 Å². The topological polar surface area (TPSA) is 123 Å². The summed E-state index contributed by atoms with van der Waals surface area (Å²) in [5.41, 5.74) is 6.67. The van der Waals surface area contributed by atoms with Crippen molar-refractivity contribution in [1.82, 2.24) is 15.6 Å². The van der Waals surface area contributed by atoms with Crippen molar-refractivity contribution in [2.24, 2.45) is 0 Å². The molecule has 0 saturated heterocycles. The summed E-state index contributed by atoms with van der Waals surface area (Å²) >= 11 is 1.27. The summed E-state index contributed by atoms with van der Waals surface area (Å²) in [6.45, 7) is 10.8. The van der Waals surface area contributed by atoms with Gasteiger partial charge in [0.15, 0.2) is 0 Å². The molecule has 1 aromatic heterocycles. The number of anilines is 1. The number of aromatic nitrogens is 1. The zero-order chi connectivity index (χ0) is 21.3. The number of hydrogen-bond donors (Lipinski definition) is 3. The Hall–Kier alpha value is -3.46. The number of carbonyl (C=O) groups is 3. The Kier molecular flexibility index (Phi) is 8.57. The number of benzene rings is 1. The largest absolute Gasteiger partial charge is 0.464 e. The Morgan fingerprint density at radius 2 is 1.68 bits per heavy atom. The number of hydrogen-bond acceptors (Lipinski definition) is 7. The lowest BCUT2D eigenvalue weighted by molar-refractivity contribution is -0.137. The van der Waals surface area contributed by atoms with Crippen LogP contribution in [0.2, 0.25) is 0 Å². The summed E-state index contributed by atoms with van der Waals surface area (Å²) in [7, 11) is 1.15. The second kappa shape index (κ2) is 10.6. The molecule has 1 heterocycles. The fourth-order valence-corrected chi connectivity index (χ4v) is 2.59. The Bertz CT molecular complexity index is 888. The Morgan fingerprint density at radius 1 is 1.07 bits per heavy atom. The molecule has 8 nitrogen and oxygen atoms in total. The molecule has 0 aliphatic rings.